The maximum Gasteiger partial charge on any atom is 0.0930 e. The Morgan fingerprint density at radius 3 is 3.00 bits per heavy atom. The van der Waals surface area contributed by atoms with E-state index in [2.05, 4.69) is 18.2 Å². The van der Waals surface area contributed by atoms with Crippen molar-refractivity contribution in [1.29, 1.82) is 0 Å². The second kappa shape index (κ2) is 2.83. The van der Waals surface area contributed by atoms with Gasteiger partial charge in [0.15, 0.2) is 0 Å². The molecule has 2 unspecified atom stereocenters. The second-order valence-corrected chi connectivity index (χ2v) is 4.73. The van der Waals surface area contributed by atoms with Gasteiger partial charge in [0.05, 0.1) is 5.60 Å². The quantitative estimate of drug-likeness (QED) is 0.663. The summed E-state index contributed by atoms with van der Waals surface area (Å²) >= 11 is 0. The van der Waals surface area contributed by atoms with Gasteiger partial charge in [-0.3, -0.25) is 0 Å². The zero-order chi connectivity index (χ0) is 9.60. The Bertz CT molecular complexity index is 358. The Kier molecular flexibility index (Phi) is 1.72. The molecule has 1 heteroatoms. The van der Waals surface area contributed by atoms with Crippen LogP contribution in [0.2, 0.25) is 0 Å². The van der Waals surface area contributed by atoms with E-state index in [0.717, 1.165) is 12.8 Å². The molecule has 0 saturated heterocycles. The van der Waals surface area contributed by atoms with Crippen LogP contribution in [0.15, 0.2) is 24.3 Å². The molecule has 0 spiro atoms. The van der Waals surface area contributed by atoms with E-state index in [1.165, 1.54) is 30.4 Å². The minimum Gasteiger partial charge on any atom is -0.385 e. The third-order valence-corrected chi connectivity index (χ3v) is 3.99. The molecule has 0 amide bonds. The first-order chi connectivity index (χ1) is 6.81. The number of aliphatic hydroxyl groups is 1. The SMILES string of the molecule is OC12CCCCC1Cc1ccccc12. The molecule has 0 aliphatic heterocycles. The van der Waals surface area contributed by atoms with Gasteiger partial charge in [-0.25, -0.2) is 0 Å². The van der Waals surface area contributed by atoms with Gasteiger partial charge in [-0.2, -0.15) is 0 Å². The number of hydrogen-bond donors (Lipinski definition) is 1. The first-order valence-electron chi connectivity index (χ1n) is 5.61. The molecule has 1 fully saturated rings. The number of benzene rings is 1. The Morgan fingerprint density at radius 1 is 1.21 bits per heavy atom. The van der Waals surface area contributed by atoms with Crippen LogP contribution < -0.4 is 0 Å². The van der Waals surface area contributed by atoms with Crippen molar-refractivity contribution in [2.45, 2.75) is 37.7 Å². The highest BCUT2D eigenvalue weighted by molar-refractivity contribution is 5.38. The second-order valence-electron chi connectivity index (χ2n) is 4.73. The van der Waals surface area contributed by atoms with Crippen LogP contribution in [0.1, 0.15) is 36.8 Å². The van der Waals surface area contributed by atoms with Crippen LogP contribution in [0.5, 0.6) is 0 Å². The lowest BCUT2D eigenvalue weighted by Gasteiger charge is -2.35. The van der Waals surface area contributed by atoms with Crippen LogP contribution in [0.3, 0.4) is 0 Å². The van der Waals surface area contributed by atoms with Crippen LogP contribution in [-0.4, -0.2) is 5.11 Å². The molecule has 1 N–H and O–H groups in total. The molecular formula is C13H16O. The molecular weight excluding hydrogens is 172 g/mol. The van der Waals surface area contributed by atoms with Crippen molar-refractivity contribution < 1.29 is 5.11 Å². The van der Waals surface area contributed by atoms with Gasteiger partial charge in [0.1, 0.15) is 0 Å². The maximum absolute atomic E-state index is 10.7. The summed E-state index contributed by atoms with van der Waals surface area (Å²) < 4.78 is 0. The Balaban J connectivity index is 2.10. The lowest BCUT2D eigenvalue weighted by Crippen LogP contribution is -2.34. The van der Waals surface area contributed by atoms with Crippen LogP contribution in [0, 0.1) is 5.92 Å². The Labute approximate surface area is 84.8 Å². The summed E-state index contributed by atoms with van der Waals surface area (Å²) in [6.45, 7) is 0. The van der Waals surface area contributed by atoms with Crippen LogP contribution >= 0.6 is 0 Å². The average molecular weight is 188 g/mol. The summed E-state index contributed by atoms with van der Waals surface area (Å²) in [5.41, 5.74) is 2.11. The van der Waals surface area contributed by atoms with Crippen LogP contribution in [0.25, 0.3) is 0 Å². The lowest BCUT2D eigenvalue weighted by molar-refractivity contribution is -0.0414. The fourth-order valence-electron chi connectivity index (χ4n) is 3.24. The van der Waals surface area contributed by atoms with Gasteiger partial charge in [0.2, 0.25) is 0 Å². The summed E-state index contributed by atoms with van der Waals surface area (Å²) in [6.07, 6.45) is 5.73. The van der Waals surface area contributed by atoms with Gasteiger partial charge in [-0.05, 0) is 36.3 Å². The summed E-state index contributed by atoms with van der Waals surface area (Å²) in [6, 6.07) is 8.42. The molecule has 0 bridgehead atoms. The molecule has 74 valence electrons. The average Bonchev–Trinajstić information content (AvgIpc) is 2.51. The van der Waals surface area contributed by atoms with E-state index in [0.29, 0.717) is 5.92 Å². The third-order valence-electron chi connectivity index (χ3n) is 3.99. The van der Waals surface area contributed by atoms with E-state index in [1.54, 1.807) is 0 Å². The molecule has 0 heterocycles. The minimum atomic E-state index is -0.477. The monoisotopic (exact) mass is 188 g/mol. The van der Waals surface area contributed by atoms with E-state index in [-0.39, 0.29) is 0 Å². The van der Waals surface area contributed by atoms with Crippen molar-refractivity contribution >= 4 is 0 Å². The molecule has 0 radical (unpaired) electrons. The molecule has 1 aromatic rings. The molecule has 3 rings (SSSR count). The highest BCUT2D eigenvalue weighted by Gasteiger charge is 2.45. The fraction of sp³-hybridized carbons (Fsp3) is 0.538. The maximum atomic E-state index is 10.7. The summed E-state index contributed by atoms with van der Waals surface area (Å²) in [4.78, 5) is 0. The fourth-order valence-corrected chi connectivity index (χ4v) is 3.24. The topological polar surface area (TPSA) is 20.2 Å². The molecule has 1 aromatic carbocycles. The Morgan fingerprint density at radius 2 is 2.07 bits per heavy atom. The van der Waals surface area contributed by atoms with Gasteiger partial charge >= 0.3 is 0 Å². The predicted octanol–water partition coefficient (Wildman–Crippen LogP) is 2.62. The molecule has 1 nitrogen and oxygen atoms in total. The largest absolute Gasteiger partial charge is 0.385 e. The van der Waals surface area contributed by atoms with Crippen molar-refractivity contribution in [3.8, 4) is 0 Å². The van der Waals surface area contributed by atoms with E-state index >= 15 is 0 Å². The van der Waals surface area contributed by atoms with Gasteiger partial charge in [-0.15, -0.1) is 0 Å². The molecule has 2 aliphatic rings. The first kappa shape index (κ1) is 8.49. The lowest BCUT2D eigenvalue weighted by atomic mass is 9.76. The smallest absolute Gasteiger partial charge is 0.0930 e. The summed E-state index contributed by atoms with van der Waals surface area (Å²) in [5.74, 6) is 0.494. The molecule has 2 aliphatic carbocycles. The van der Waals surface area contributed by atoms with Crippen molar-refractivity contribution in [3.05, 3.63) is 35.4 Å². The van der Waals surface area contributed by atoms with E-state index in [4.69, 9.17) is 0 Å². The van der Waals surface area contributed by atoms with Crippen molar-refractivity contribution in [2.24, 2.45) is 5.92 Å². The highest BCUT2D eigenvalue weighted by atomic mass is 16.3. The van der Waals surface area contributed by atoms with E-state index < -0.39 is 5.60 Å². The zero-order valence-corrected chi connectivity index (χ0v) is 8.37. The number of fused-ring (bicyclic) bond motifs is 3. The predicted molar refractivity (Wildman–Crippen MR) is 56.0 cm³/mol. The molecule has 14 heavy (non-hydrogen) atoms. The molecule has 1 saturated carbocycles. The standard InChI is InChI=1S/C13H16O/c14-13-8-4-3-6-11(13)9-10-5-1-2-7-12(10)13/h1-2,5,7,11,14H,3-4,6,8-9H2. The van der Waals surface area contributed by atoms with Gasteiger partial charge in [0, 0.05) is 0 Å². The van der Waals surface area contributed by atoms with E-state index in [9.17, 15) is 5.11 Å². The van der Waals surface area contributed by atoms with Crippen molar-refractivity contribution in [1.82, 2.24) is 0 Å². The normalized spacial score (nSPS) is 35.1. The Hall–Kier alpha value is -0.820. The third kappa shape index (κ3) is 0.992. The van der Waals surface area contributed by atoms with E-state index in [1.807, 2.05) is 6.07 Å². The van der Waals surface area contributed by atoms with Crippen molar-refractivity contribution in [3.63, 3.8) is 0 Å². The van der Waals surface area contributed by atoms with Gasteiger partial charge < -0.3 is 5.11 Å². The number of rotatable bonds is 0. The molecule has 0 aromatic heterocycles. The minimum absolute atomic E-state index is 0.477. The van der Waals surface area contributed by atoms with Gasteiger partial charge in [-0.1, -0.05) is 37.1 Å². The zero-order valence-electron chi connectivity index (χ0n) is 8.37. The van der Waals surface area contributed by atoms with Gasteiger partial charge in [0.25, 0.3) is 0 Å². The van der Waals surface area contributed by atoms with Crippen LogP contribution in [-0.2, 0) is 12.0 Å². The van der Waals surface area contributed by atoms with Crippen molar-refractivity contribution in [2.75, 3.05) is 0 Å². The number of hydrogen-bond acceptors (Lipinski definition) is 1. The summed E-state index contributed by atoms with van der Waals surface area (Å²) in [7, 11) is 0. The van der Waals surface area contributed by atoms with Crippen LogP contribution in [0.4, 0.5) is 0 Å². The molecule has 2 atom stereocenters. The first-order valence-corrected chi connectivity index (χ1v) is 5.61. The highest BCUT2D eigenvalue weighted by Crippen LogP contribution is 2.49. The summed E-state index contributed by atoms with van der Waals surface area (Å²) in [5, 5.41) is 10.7.